The van der Waals surface area contributed by atoms with Crippen molar-refractivity contribution in [2.24, 2.45) is 0 Å². The van der Waals surface area contributed by atoms with E-state index in [0.29, 0.717) is 10.9 Å². The molecule has 0 aliphatic rings. The van der Waals surface area contributed by atoms with E-state index in [1.54, 1.807) is 42.5 Å². The van der Waals surface area contributed by atoms with Crippen LogP contribution in [0, 0.1) is 0 Å². The molecule has 0 spiro atoms. The molecule has 1 aromatic heterocycles. The second kappa shape index (κ2) is 4.81. The van der Waals surface area contributed by atoms with Crippen LogP contribution in [0.5, 0.6) is 0 Å². The van der Waals surface area contributed by atoms with Crippen LogP contribution in [0.25, 0.3) is 10.9 Å². The van der Waals surface area contributed by atoms with Gasteiger partial charge in [0.05, 0.1) is 15.4 Å². The molecule has 0 fully saturated rings. The van der Waals surface area contributed by atoms with E-state index in [0.717, 1.165) is 3.97 Å². The molecule has 0 aliphatic carbocycles. The lowest BCUT2D eigenvalue weighted by Gasteiger charge is -2.08. The number of hydrogen-bond donors (Lipinski definition) is 0. The molecule has 102 valence electrons. The minimum atomic E-state index is -3.78. The van der Waals surface area contributed by atoms with Gasteiger partial charge in [0.2, 0.25) is 0 Å². The molecule has 20 heavy (non-hydrogen) atoms. The van der Waals surface area contributed by atoms with Crippen molar-refractivity contribution >= 4 is 44.1 Å². The molecule has 0 aliphatic heterocycles. The van der Waals surface area contributed by atoms with Crippen LogP contribution in [-0.2, 0) is 10.0 Å². The molecule has 0 saturated carbocycles. The molecule has 2 aromatic carbocycles. The molecule has 0 radical (unpaired) electrons. The first-order valence-corrected chi connectivity index (χ1v) is 7.98. The Morgan fingerprint density at radius 3 is 2.15 bits per heavy atom. The van der Waals surface area contributed by atoms with E-state index < -0.39 is 10.0 Å². The van der Waals surface area contributed by atoms with E-state index >= 15 is 0 Å². The van der Waals surface area contributed by atoms with E-state index in [1.807, 2.05) is 0 Å². The van der Waals surface area contributed by atoms with Crippen molar-refractivity contribution in [1.82, 2.24) is 3.97 Å². The molecule has 0 unspecified atom stereocenters. The average molecular weight is 326 g/mol. The fraction of sp³-hybridized carbons (Fsp3) is 0. The zero-order valence-corrected chi connectivity index (χ0v) is 12.5. The Hall–Kier alpha value is -1.49. The number of para-hydroxylation sites is 1. The third-order valence-electron chi connectivity index (χ3n) is 3.00. The Morgan fingerprint density at radius 2 is 1.45 bits per heavy atom. The summed E-state index contributed by atoms with van der Waals surface area (Å²) >= 11 is 12.2. The van der Waals surface area contributed by atoms with Gasteiger partial charge in [-0.2, -0.15) is 0 Å². The number of benzene rings is 2. The van der Waals surface area contributed by atoms with Gasteiger partial charge in [-0.25, -0.2) is 12.4 Å². The largest absolute Gasteiger partial charge is 0.269 e. The highest BCUT2D eigenvalue weighted by molar-refractivity contribution is 7.90. The van der Waals surface area contributed by atoms with Gasteiger partial charge in [-0.05, 0) is 18.2 Å². The number of nitrogens with zero attached hydrogens (tertiary/aromatic N) is 1. The highest BCUT2D eigenvalue weighted by Gasteiger charge is 2.24. The number of hydrogen-bond acceptors (Lipinski definition) is 2. The lowest BCUT2D eigenvalue weighted by Crippen LogP contribution is -2.12. The predicted octanol–water partition coefficient (Wildman–Crippen LogP) is 4.19. The normalized spacial score (nSPS) is 11.9. The molecule has 3 aromatic rings. The van der Waals surface area contributed by atoms with Crippen molar-refractivity contribution in [3.8, 4) is 0 Å². The lowest BCUT2D eigenvalue weighted by molar-refractivity contribution is 0.589. The predicted molar refractivity (Wildman–Crippen MR) is 81.0 cm³/mol. The fourth-order valence-corrected chi connectivity index (χ4v) is 4.27. The van der Waals surface area contributed by atoms with Crippen LogP contribution in [-0.4, -0.2) is 12.4 Å². The second-order valence-electron chi connectivity index (χ2n) is 4.20. The summed E-state index contributed by atoms with van der Waals surface area (Å²) in [5.74, 6) is 0. The molecule has 0 atom stereocenters. The van der Waals surface area contributed by atoms with Gasteiger partial charge in [-0.15, -0.1) is 0 Å². The van der Waals surface area contributed by atoms with Crippen LogP contribution in [0.15, 0.2) is 59.5 Å². The summed E-state index contributed by atoms with van der Waals surface area (Å²) in [6, 6.07) is 15.1. The van der Waals surface area contributed by atoms with Gasteiger partial charge in [-0.1, -0.05) is 59.6 Å². The van der Waals surface area contributed by atoms with Crippen LogP contribution in [0.2, 0.25) is 10.2 Å². The van der Waals surface area contributed by atoms with Gasteiger partial charge < -0.3 is 0 Å². The Morgan fingerprint density at radius 1 is 0.850 bits per heavy atom. The molecule has 6 heteroatoms. The van der Waals surface area contributed by atoms with E-state index in [1.165, 1.54) is 12.1 Å². The fourth-order valence-electron chi connectivity index (χ4n) is 2.08. The number of rotatable bonds is 2. The topological polar surface area (TPSA) is 39.1 Å². The summed E-state index contributed by atoms with van der Waals surface area (Å²) < 4.78 is 26.5. The van der Waals surface area contributed by atoms with E-state index in [2.05, 4.69) is 0 Å². The van der Waals surface area contributed by atoms with Crippen molar-refractivity contribution in [1.29, 1.82) is 0 Å². The Balaban J connectivity index is 2.39. The minimum absolute atomic E-state index is 0.00304. The lowest BCUT2D eigenvalue weighted by atomic mass is 10.2. The maximum Gasteiger partial charge on any atom is 0.269 e. The highest BCUT2D eigenvalue weighted by atomic mass is 35.5. The third-order valence-corrected chi connectivity index (χ3v) is 5.67. The van der Waals surface area contributed by atoms with Gasteiger partial charge in [-0.3, -0.25) is 0 Å². The van der Waals surface area contributed by atoms with Crippen LogP contribution in [0.4, 0.5) is 0 Å². The SMILES string of the molecule is O=S(=O)(c1ccccc1)n1c(Cl)c(Cl)c2ccccc21. The van der Waals surface area contributed by atoms with Gasteiger partial charge in [0.1, 0.15) is 5.15 Å². The molecule has 0 bridgehead atoms. The minimum Gasteiger partial charge on any atom is -0.222 e. The number of fused-ring (bicyclic) bond motifs is 1. The van der Waals surface area contributed by atoms with Crippen molar-refractivity contribution in [2.45, 2.75) is 4.90 Å². The second-order valence-corrected chi connectivity index (χ2v) is 6.73. The Bertz CT molecular complexity index is 886. The smallest absolute Gasteiger partial charge is 0.222 e. The van der Waals surface area contributed by atoms with Crippen LogP contribution < -0.4 is 0 Å². The Labute approximate surface area is 126 Å². The maximum atomic E-state index is 12.7. The standard InChI is InChI=1S/C14H9Cl2NO2S/c15-13-11-8-4-5-9-12(11)17(14(13)16)20(18,19)10-6-2-1-3-7-10/h1-9H. The molecule has 3 nitrogen and oxygen atoms in total. The average Bonchev–Trinajstić information content (AvgIpc) is 2.73. The first-order chi connectivity index (χ1) is 9.53. The monoisotopic (exact) mass is 325 g/mol. The summed E-state index contributed by atoms with van der Waals surface area (Å²) in [6.07, 6.45) is 0. The quantitative estimate of drug-likeness (QED) is 0.708. The maximum absolute atomic E-state index is 12.7. The van der Waals surface area contributed by atoms with Crippen LogP contribution in [0.1, 0.15) is 0 Å². The van der Waals surface area contributed by atoms with Gasteiger partial charge in [0.15, 0.2) is 0 Å². The van der Waals surface area contributed by atoms with E-state index in [4.69, 9.17) is 23.2 Å². The summed E-state index contributed by atoms with van der Waals surface area (Å²) in [5.41, 5.74) is 0.464. The molecule has 0 saturated heterocycles. The number of halogens is 2. The highest BCUT2D eigenvalue weighted by Crippen LogP contribution is 2.36. The van der Waals surface area contributed by atoms with Gasteiger partial charge in [0.25, 0.3) is 10.0 Å². The van der Waals surface area contributed by atoms with Gasteiger partial charge >= 0.3 is 0 Å². The first-order valence-electron chi connectivity index (χ1n) is 5.78. The molecule has 0 N–H and O–H groups in total. The molecule has 0 amide bonds. The Kier molecular flexibility index (Phi) is 3.24. The van der Waals surface area contributed by atoms with Gasteiger partial charge in [0, 0.05) is 5.39 Å². The summed E-state index contributed by atoms with van der Waals surface area (Å²) in [4.78, 5) is 0.166. The summed E-state index contributed by atoms with van der Waals surface area (Å²) in [5, 5.41) is 0.845. The zero-order chi connectivity index (χ0) is 14.3. The third kappa shape index (κ3) is 1.92. The van der Waals surface area contributed by atoms with Crippen molar-refractivity contribution in [2.75, 3.05) is 0 Å². The molecular formula is C14H9Cl2NO2S. The van der Waals surface area contributed by atoms with Crippen LogP contribution >= 0.6 is 23.2 Å². The number of aromatic nitrogens is 1. The molecule has 1 heterocycles. The van der Waals surface area contributed by atoms with Crippen molar-refractivity contribution in [3.05, 3.63) is 64.8 Å². The van der Waals surface area contributed by atoms with E-state index in [-0.39, 0.29) is 15.1 Å². The summed E-state index contributed by atoms with van der Waals surface area (Å²) in [6.45, 7) is 0. The van der Waals surface area contributed by atoms with Crippen LogP contribution in [0.3, 0.4) is 0 Å². The summed E-state index contributed by atoms with van der Waals surface area (Å²) in [7, 11) is -3.78. The van der Waals surface area contributed by atoms with Crippen molar-refractivity contribution < 1.29 is 8.42 Å². The van der Waals surface area contributed by atoms with Crippen molar-refractivity contribution in [3.63, 3.8) is 0 Å². The zero-order valence-electron chi connectivity index (χ0n) is 10.1. The van der Waals surface area contributed by atoms with E-state index in [9.17, 15) is 8.42 Å². The molecule has 3 rings (SSSR count). The molecular weight excluding hydrogens is 317 g/mol. The first kappa shape index (κ1) is 13.5.